The summed E-state index contributed by atoms with van der Waals surface area (Å²) < 4.78 is 13.7. The normalized spacial score (nSPS) is 20.2. The van der Waals surface area contributed by atoms with Crippen LogP contribution in [0, 0.1) is 12.7 Å². The molecule has 1 aliphatic heterocycles. The Hall–Kier alpha value is -1.93. The second-order valence-electron chi connectivity index (χ2n) is 5.75. The maximum atomic E-state index is 13.7. The first-order chi connectivity index (χ1) is 12.0. The maximum absolute atomic E-state index is 13.7. The molecule has 2 atom stereocenters. The van der Waals surface area contributed by atoms with Crippen LogP contribution in [0.1, 0.15) is 16.3 Å². The predicted octanol–water partition coefficient (Wildman–Crippen LogP) is 2.05. The summed E-state index contributed by atoms with van der Waals surface area (Å²) >= 11 is 2.91. The minimum absolute atomic E-state index is 0.226. The summed E-state index contributed by atoms with van der Waals surface area (Å²) in [6.07, 6.45) is 0.315. The molecule has 132 valence electrons. The van der Waals surface area contributed by atoms with Crippen LogP contribution in [0.3, 0.4) is 0 Å². The lowest BCUT2D eigenvalue weighted by molar-refractivity contribution is -0.128. The Labute approximate surface area is 153 Å². The number of halogens is 1. The monoisotopic (exact) mass is 379 g/mol. The van der Waals surface area contributed by atoms with E-state index in [9.17, 15) is 14.0 Å². The van der Waals surface area contributed by atoms with E-state index in [4.69, 9.17) is 0 Å². The number of thioether (sulfide) groups is 1. The lowest BCUT2D eigenvalue weighted by Crippen LogP contribution is -2.54. The summed E-state index contributed by atoms with van der Waals surface area (Å²) in [5, 5.41) is 7.98. The van der Waals surface area contributed by atoms with E-state index in [-0.39, 0.29) is 22.9 Å². The standard InChI is InChI=1S/C17H18FN3O2S2/c1-10-20-12(8-24-10)7-19-16(22)14-9-25-15(17(23)21-14)6-11-4-2-3-5-13(11)18/h2-5,8,14-15H,6-7,9H2,1H3,(H,19,22)(H,21,23)/t14-,15-/m1/s1. The van der Waals surface area contributed by atoms with Gasteiger partial charge in [-0.1, -0.05) is 18.2 Å². The second kappa shape index (κ2) is 7.97. The first kappa shape index (κ1) is 17.9. The van der Waals surface area contributed by atoms with Crippen LogP contribution in [0.2, 0.25) is 0 Å². The van der Waals surface area contributed by atoms with E-state index >= 15 is 0 Å². The average molecular weight is 379 g/mol. The topological polar surface area (TPSA) is 71.1 Å². The molecule has 1 aromatic carbocycles. The van der Waals surface area contributed by atoms with Crippen LogP contribution >= 0.6 is 23.1 Å². The Morgan fingerprint density at radius 1 is 1.44 bits per heavy atom. The van der Waals surface area contributed by atoms with Crippen molar-refractivity contribution in [1.29, 1.82) is 0 Å². The molecular formula is C17H18FN3O2S2. The molecular weight excluding hydrogens is 361 g/mol. The van der Waals surface area contributed by atoms with Crippen LogP contribution in [0.4, 0.5) is 4.39 Å². The van der Waals surface area contributed by atoms with Gasteiger partial charge >= 0.3 is 0 Å². The van der Waals surface area contributed by atoms with E-state index in [1.54, 1.807) is 18.2 Å². The number of hydrogen-bond donors (Lipinski definition) is 2. The zero-order valence-corrected chi connectivity index (χ0v) is 15.3. The molecule has 3 rings (SSSR count). The molecule has 2 aromatic rings. The molecule has 0 bridgehead atoms. The molecule has 0 radical (unpaired) electrons. The van der Waals surface area contributed by atoms with Crippen LogP contribution in [0.15, 0.2) is 29.6 Å². The van der Waals surface area contributed by atoms with Crippen molar-refractivity contribution in [3.8, 4) is 0 Å². The number of thiazole rings is 1. The molecule has 1 aromatic heterocycles. The summed E-state index contributed by atoms with van der Waals surface area (Å²) in [5.41, 5.74) is 1.32. The molecule has 0 saturated carbocycles. The van der Waals surface area contributed by atoms with Crippen molar-refractivity contribution in [3.63, 3.8) is 0 Å². The summed E-state index contributed by atoms with van der Waals surface area (Å²) in [6, 6.07) is 5.86. The number of carbonyl (C=O) groups excluding carboxylic acids is 2. The fraction of sp³-hybridized carbons (Fsp3) is 0.353. The van der Waals surface area contributed by atoms with Gasteiger partial charge in [-0.05, 0) is 25.0 Å². The molecule has 0 spiro atoms. The Bertz CT molecular complexity index is 781. The molecule has 2 heterocycles. The lowest BCUT2D eigenvalue weighted by atomic mass is 10.1. The molecule has 2 N–H and O–H groups in total. The molecule has 25 heavy (non-hydrogen) atoms. The van der Waals surface area contributed by atoms with Crippen molar-refractivity contribution < 1.29 is 14.0 Å². The number of rotatable bonds is 5. The predicted molar refractivity (Wildman–Crippen MR) is 97.0 cm³/mol. The van der Waals surface area contributed by atoms with E-state index in [1.807, 2.05) is 12.3 Å². The van der Waals surface area contributed by atoms with Gasteiger partial charge in [0.2, 0.25) is 11.8 Å². The van der Waals surface area contributed by atoms with Crippen molar-refractivity contribution in [3.05, 3.63) is 51.7 Å². The Morgan fingerprint density at radius 2 is 2.24 bits per heavy atom. The number of hydrogen-bond acceptors (Lipinski definition) is 5. The molecule has 1 saturated heterocycles. The smallest absolute Gasteiger partial charge is 0.243 e. The minimum Gasteiger partial charge on any atom is -0.349 e. The summed E-state index contributed by atoms with van der Waals surface area (Å²) in [6.45, 7) is 2.25. The maximum Gasteiger partial charge on any atom is 0.243 e. The largest absolute Gasteiger partial charge is 0.349 e. The molecule has 0 aliphatic carbocycles. The Kier molecular flexibility index (Phi) is 5.70. The number of carbonyl (C=O) groups is 2. The third-order valence-corrected chi connectivity index (χ3v) is 5.99. The quantitative estimate of drug-likeness (QED) is 0.834. The molecule has 5 nitrogen and oxygen atoms in total. The van der Waals surface area contributed by atoms with Crippen molar-refractivity contribution in [2.45, 2.75) is 31.2 Å². The van der Waals surface area contributed by atoms with Gasteiger partial charge in [0.05, 0.1) is 22.5 Å². The number of nitrogens with one attached hydrogen (secondary N) is 2. The van der Waals surface area contributed by atoms with Crippen LogP contribution < -0.4 is 10.6 Å². The minimum atomic E-state index is -0.575. The molecule has 8 heteroatoms. The Balaban J connectivity index is 1.51. The summed E-state index contributed by atoms with van der Waals surface area (Å²) in [4.78, 5) is 28.8. The third-order valence-electron chi connectivity index (χ3n) is 3.86. The van der Waals surface area contributed by atoms with Crippen molar-refractivity contribution in [2.75, 3.05) is 5.75 Å². The van der Waals surface area contributed by atoms with Crippen LogP contribution in [0.25, 0.3) is 0 Å². The first-order valence-electron chi connectivity index (χ1n) is 7.87. The molecule has 2 amide bonds. The van der Waals surface area contributed by atoms with E-state index < -0.39 is 6.04 Å². The Morgan fingerprint density at radius 3 is 2.92 bits per heavy atom. The zero-order chi connectivity index (χ0) is 17.8. The van der Waals surface area contributed by atoms with E-state index in [2.05, 4.69) is 15.6 Å². The highest BCUT2D eigenvalue weighted by Crippen LogP contribution is 2.23. The van der Waals surface area contributed by atoms with Gasteiger partial charge < -0.3 is 10.6 Å². The lowest BCUT2D eigenvalue weighted by Gasteiger charge is -2.28. The SMILES string of the molecule is Cc1nc(CNC(=O)[C@H]2CS[C@H](Cc3ccccc3F)C(=O)N2)cs1. The second-order valence-corrected chi connectivity index (χ2v) is 8.05. The van der Waals surface area contributed by atoms with Crippen molar-refractivity contribution in [2.24, 2.45) is 0 Å². The highest BCUT2D eigenvalue weighted by atomic mass is 32.2. The zero-order valence-electron chi connectivity index (χ0n) is 13.6. The van der Waals surface area contributed by atoms with Gasteiger partial charge in [0.25, 0.3) is 0 Å². The number of aromatic nitrogens is 1. The van der Waals surface area contributed by atoms with E-state index in [1.165, 1.54) is 29.2 Å². The molecule has 1 aliphatic rings. The van der Waals surface area contributed by atoms with Gasteiger partial charge in [-0.25, -0.2) is 9.37 Å². The summed E-state index contributed by atoms with van der Waals surface area (Å²) in [5.74, 6) is -0.304. The number of aryl methyl sites for hydroxylation is 1. The molecule has 1 fully saturated rings. The van der Waals surface area contributed by atoms with Crippen LogP contribution in [0.5, 0.6) is 0 Å². The van der Waals surface area contributed by atoms with Crippen molar-refractivity contribution >= 4 is 34.9 Å². The highest BCUT2D eigenvalue weighted by molar-refractivity contribution is 8.00. The van der Waals surface area contributed by atoms with Gasteiger partial charge in [-0.3, -0.25) is 9.59 Å². The van der Waals surface area contributed by atoms with Crippen molar-refractivity contribution in [1.82, 2.24) is 15.6 Å². The number of benzene rings is 1. The van der Waals surface area contributed by atoms with Crippen LogP contribution in [-0.4, -0.2) is 33.8 Å². The van der Waals surface area contributed by atoms with Crippen LogP contribution in [-0.2, 0) is 22.6 Å². The van der Waals surface area contributed by atoms with Gasteiger partial charge in [0, 0.05) is 11.1 Å². The average Bonchev–Trinajstić information content (AvgIpc) is 3.02. The third kappa shape index (κ3) is 4.58. The van der Waals surface area contributed by atoms with Gasteiger partial charge in [0.1, 0.15) is 11.9 Å². The van der Waals surface area contributed by atoms with Gasteiger partial charge in [0.15, 0.2) is 0 Å². The molecule has 0 unspecified atom stereocenters. The van der Waals surface area contributed by atoms with Gasteiger partial charge in [-0.2, -0.15) is 0 Å². The summed E-state index contributed by atoms with van der Waals surface area (Å²) in [7, 11) is 0. The van der Waals surface area contributed by atoms with E-state index in [0.29, 0.717) is 24.3 Å². The fourth-order valence-electron chi connectivity index (χ4n) is 2.54. The fourth-order valence-corrected chi connectivity index (χ4v) is 4.33. The van der Waals surface area contributed by atoms with Gasteiger partial charge in [-0.15, -0.1) is 23.1 Å². The number of amides is 2. The van der Waals surface area contributed by atoms with E-state index in [0.717, 1.165) is 10.7 Å². The number of nitrogens with zero attached hydrogens (tertiary/aromatic N) is 1. The highest BCUT2D eigenvalue weighted by Gasteiger charge is 2.32. The first-order valence-corrected chi connectivity index (χ1v) is 9.80.